The molecule has 0 fully saturated rings. The van der Waals surface area contributed by atoms with E-state index in [4.69, 9.17) is 4.74 Å². The van der Waals surface area contributed by atoms with Crippen LogP contribution in [0.3, 0.4) is 0 Å². The first-order chi connectivity index (χ1) is 12.7. The number of hydrogen-bond donors (Lipinski definition) is 1. The van der Waals surface area contributed by atoms with E-state index in [2.05, 4.69) is 4.98 Å². The first-order valence-corrected chi connectivity index (χ1v) is 10.5. The monoisotopic (exact) mass is 390 g/mol. The molecule has 138 valence electrons. The van der Waals surface area contributed by atoms with E-state index < -0.39 is 6.10 Å². The molecule has 1 atom stereocenters. The molecule has 3 rings (SSSR count). The van der Waals surface area contributed by atoms with Gasteiger partial charge in [0.15, 0.2) is 5.16 Å². The number of nitrogens with zero attached hydrogens (tertiary/aromatic N) is 2. The molecule has 0 spiro atoms. The maximum absolute atomic E-state index is 12.7. The fourth-order valence-electron chi connectivity index (χ4n) is 2.59. The van der Waals surface area contributed by atoms with E-state index in [-0.39, 0.29) is 12.2 Å². The second-order valence-electron chi connectivity index (χ2n) is 5.93. The number of hydrogen-bond acceptors (Lipinski definition) is 6. The minimum atomic E-state index is -0.613. The Hall–Kier alpha value is -1.67. The summed E-state index contributed by atoms with van der Waals surface area (Å²) in [6.07, 6.45) is 0.235. The Morgan fingerprint density at radius 1 is 1.31 bits per heavy atom. The molecular formula is C19H22N2O3S2. The van der Waals surface area contributed by atoms with Gasteiger partial charge in [-0.2, -0.15) is 0 Å². The third kappa shape index (κ3) is 4.73. The first kappa shape index (κ1) is 19.1. The Labute approximate surface area is 160 Å². The van der Waals surface area contributed by atoms with Crippen molar-refractivity contribution in [3.63, 3.8) is 0 Å². The first-order valence-electron chi connectivity index (χ1n) is 8.59. The second-order valence-corrected chi connectivity index (χ2v) is 7.95. The van der Waals surface area contributed by atoms with E-state index in [0.717, 1.165) is 11.3 Å². The van der Waals surface area contributed by atoms with Gasteiger partial charge in [0, 0.05) is 17.2 Å². The van der Waals surface area contributed by atoms with Crippen molar-refractivity contribution in [2.75, 3.05) is 12.4 Å². The highest BCUT2D eigenvalue weighted by Crippen LogP contribution is 2.19. The molecule has 0 aliphatic heterocycles. The Bertz CT molecular complexity index is 893. The van der Waals surface area contributed by atoms with Crippen LogP contribution in [0.5, 0.6) is 0 Å². The van der Waals surface area contributed by atoms with Gasteiger partial charge in [-0.1, -0.05) is 36.9 Å². The molecule has 0 saturated heterocycles. The van der Waals surface area contributed by atoms with Crippen molar-refractivity contribution in [2.24, 2.45) is 0 Å². The fraction of sp³-hybridized carbons (Fsp3) is 0.368. The molecule has 3 aromatic rings. The van der Waals surface area contributed by atoms with E-state index in [1.807, 2.05) is 42.6 Å². The van der Waals surface area contributed by atoms with Crippen LogP contribution in [0.25, 0.3) is 10.9 Å². The molecule has 2 heterocycles. The van der Waals surface area contributed by atoms with E-state index in [9.17, 15) is 9.90 Å². The minimum Gasteiger partial charge on any atom is -0.390 e. The summed E-state index contributed by atoms with van der Waals surface area (Å²) in [5.74, 6) is 0.429. The summed E-state index contributed by atoms with van der Waals surface area (Å²) in [5, 5.41) is 13.5. The van der Waals surface area contributed by atoms with Gasteiger partial charge in [-0.05, 0) is 30.0 Å². The SMILES string of the molecule is CCCn1c(SC[C@@H](O)COCc2cccs2)nc2ccccc2c1=O. The highest BCUT2D eigenvalue weighted by molar-refractivity contribution is 7.99. The highest BCUT2D eigenvalue weighted by Gasteiger charge is 2.13. The zero-order valence-electron chi connectivity index (χ0n) is 14.6. The van der Waals surface area contributed by atoms with Gasteiger partial charge in [-0.25, -0.2) is 4.98 Å². The lowest BCUT2D eigenvalue weighted by Crippen LogP contribution is -2.24. The smallest absolute Gasteiger partial charge is 0.262 e. The summed E-state index contributed by atoms with van der Waals surface area (Å²) >= 11 is 3.03. The number of aliphatic hydroxyl groups excluding tert-OH is 1. The predicted molar refractivity (Wildman–Crippen MR) is 107 cm³/mol. The molecule has 1 aromatic carbocycles. The Morgan fingerprint density at radius 2 is 2.15 bits per heavy atom. The van der Waals surface area contributed by atoms with E-state index in [1.165, 1.54) is 11.8 Å². The van der Waals surface area contributed by atoms with Crippen molar-refractivity contribution in [2.45, 2.75) is 37.8 Å². The van der Waals surface area contributed by atoms with Gasteiger partial charge in [0.2, 0.25) is 0 Å². The molecule has 0 aliphatic carbocycles. The van der Waals surface area contributed by atoms with Gasteiger partial charge < -0.3 is 9.84 Å². The molecule has 1 N–H and O–H groups in total. The normalized spacial score (nSPS) is 12.5. The van der Waals surface area contributed by atoms with Crippen LogP contribution in [0, 0.1) is 0 Å². The second kappa shape index (κ2) is 9.32. The molecule has 0 aliphatic rings. The standard InChI is InChI=1S/C19H22N2O3S2/c1-2-9-21-18(23)16-7-3-4-8-17(16)20-19(21)26-13-14(22)11-24-12-15-6-5-10-25-15/h3-8,10,14,22H,2,9,11-13H2,1H3/t14-/m0/s1. The molecule has 26 heavy (non-hydrogen) atoms. The van der Waals surface area contributed by atoms with Crippen LogP contribution in [0.4, 0.5) is 0 Å². The summed E-state index contributed by atoms with van der Waals surface area (Å²) in [5.41, 5.74) is 0.666. The zero-order chi connectivity index (χ0) is 18.4. The van der Waals surface area contributed by atoms with Gasteiger partial charge in [0.05, 0.1) is 30.2 Å². The topological polar surface area (TPSA) is 64.3 Å². The van der Waals surface area contributed by atoms with E-state index in [0.29, 0.717) is 35.0 Å². The molecule has 7 heteroatoms. The van der Waals surface area contributed by atoms with Crippen molar-refractivity contribution >= 4 is 34.0 Å². The van der Waals surface area contributed by atoms with E-state index >= 15 is 0 Å². The van der Waals surface area contributed by atoms with Crippen LogP contribution in [-0.2, 0) is 17.9 Å². The maximum atomic E-state index is 12.7. The third-order valence-electron chi connectivity index (χ3n) is 3.81. The van der Waals surface area contributed by atoms with Crippen LogP contribution in [-0.4, -0.2) is 33.1 Å². The maximum Gasteiger partial charge on any atom is 0.262 e. The minimum absolute atomic E-state index is 0.0246. The van der Waals surface area contributed by atoms with Crippen LogP contribution in [0.2, 0.25) is 0 Å². The largest absolute Gasteiger partial charge is 0.390 e. The summed E-state index contributed by atoms with van der Waals surface area (Å²) < 4.78 is 7.26. The van der Waals surface area contributed by atoms with Crippen molar-refractivity contribution in [3.8, 4) is 0 Å². The Kier molecular flexibility index (Phi) is 6.85. The van der Waals surface area contributed by atoms with Crippen molar-refractivity contribution < 1.29 is 9.84 Å². The van der Waals surface area contributed by atoms with E-state index in [1.54, 1.807) is 22.0 Å². The fourth-order valence-corrected chi connectivity index (χ4v) is 4.16. The highest BCUT2D eigenvalue weighted by atomic mass is 32.2. The summed E-state index contributed by atoms with van der Waals surface area (Å²) in [6.45, 7) is 3.41. The van der Waals surface area contributed by atoms with Crippen LogP contribution in [0.1, 0.15) is 18.2 Å². The number of thiophene rings is 1. The van der Waals surface area contributed by atoms with Crippen molar-refractivity contribution in [1.82, 2.24) is 9.55 Å². The van der Waals surface area contributed by atoms with Gasteiger partial charge >= 0.3 is 0 Å². The molecular weight excluding hydrogens is 368 g/mol. The molecule has 0 bridgehead atoms. The molecule has 0 unspecified atom stereocenters. The molecule has 2 aromatic heterocycles. The lowest BCUT2D eigenvalue weighted by Gasteiger charge is -2.14. The summed E-state index contributed by atoms with van der Waals surface area (Å²) in [7, 11) is 0. The van der Waals surface area contributed by atoms with Gasteiger partial charge in [0.25, 0.3) is 5.56 Å². The Morgan fingerprint density at radius 3 is 2.92 bits per heavy atom. The number of benzene rings is 1. The summed E-state index contributed by atoms with van der Waals surface area (Å²) in [6, 6.07) is 11.4. The Balaban J connectivity index is 1.65. The molecule has 0 radical (unpaired) electrons. The van der Waals surface area contributed by atoms with Gasteiger partial charge in [-0.15, -0.1) is 11.3 Å². The number of para-hydroxylation sites is 1. The third-order valence-corrected chi connectivity index (χ3v) is 5.78. The number of aliphatic hydroxyl groups is 1. The number of thioether (sulfide) groups is 1. The number of rotatable bonds is 9. The van der Waals surface area contributed by atoms with Gasteiger partial charge in [-0.3, -0.25) is 9.36 Å². The zero-order valence-corrected chi connectivity index (χ0v) is 16.3. The van der Waals surface area contributed by atoms with Crippen molar-refractivity contribution in [3.05, 3.63) is 57.0 Å². The number of fused-ring (bicyclic) bond motifs is 1. The van der Waals surface area contributed by atoms with Crippen LogP contribution in [0.15, 0.2) is 51.7 Å². The lowest BCUT2D eigenvalue weighted by atomic mass is 10.2. The number of aromatic nitrogens is 2. The molecule has 5 nitrogen and oxygen atoms in total. The van der Waals surface area contributed by atoms with Crippen LogP contribution < -0.4 is 5.56 Å². The van der Waals surface area contributed by atoms with Gasteiger partial charge in [0.1, 0.15) is 0 Å². The molecule has 0 saturated carbocycles. The quantitative estimate of drug-likeness (QED) is 0.447. The lowest BCUT2D eigenvalue weighted by molar-refractivity contribution is 0.0408. The summed E-state index contributed by atoms with van der Waals surface area (Å²) in [4.78, 5) is 18.5. The predicted octanol–water partition coefficient (Wildman–Crippen LogP) is 3.54. The number of ether oxygens (including phenoxy) is 1. The average Bonchev–Trinajstić information content (AvgIpc) is 3.16. The molecule has 0 amide bonds. The van der Waals surface area contributed by atoms with Crippen LogP contribution >= 0.6 is 23.1 Å². The van der Waals surface area contributed by atoms with Crippen molar-refractivity contribution in [1.29, 1.82) is 0 Å². The average molecular weight is 391 g/mol.